The van der Waals surface area contributed by atoms with Crippen LogP contribution in [0.3, 0.4) is 0 Å². The van der Waals surface area contributed by atoms with Crippen LogP contribution in [0.4, 0.5) is 0 Å². The molecule has 0 aromatic carbocycles. The summed E-state index contributed by atoms with van der Waals surface area (Å²) in [6, 6.07) is 0. The summed E-state index contributed by atoms with van der Waals surface area (Å²) in [6.45, 7) is 0.431. The molecular weight excluding hydrogens is 152 g/mol. The lowest BCUT2D eigenvalue weighted by Crippen LogP contribution is -2.37. The molecule has 1 aliphatic heterocycles. The molecule has 0 saturated carbocycles. The van der Waals surface area contributed by atoms with Gasteiger partial charge in [0.25, 0.3) is 0 Å². The van der Waals surface area contributed by atoms with Crippen molar-refractivity contribution in [2.75, 3.05) is 19.3 Å². The first-order chi connectivity index (χ1) is 4.74. The Morgan fingerprint density at radius 1 is 1.80 bits per heavy atom. The van der Waals surface area contributed by atoms with Crippen LogP contribution in [0.15, 0.2) is 5.16 Å². The van der Waals surface area contributed by atoms with Gasteiger partial charge in [0.2, 0.25) is 5.91 Å². The molecule has 1 fully saturated rings. The number of carbonyl (C=O) groups excluding carboxylic acids is 1. The Kier molecular flexibility index (Phi) is 2.16. The van der Waals surface area contributed by atoms with Gasteiger partial charge in [0, 0.05) is 7.05 Å². The minimum Gasteiger partial charge on any atom is -0.410 e. The predicted octanol–water partition coefficient (Wildman–Crippen LogP) is -0.0207. The van der Waals surface area contributed by atoms with Gasteiger partial charge in [-0.05, 0) is 0 Å². The lowest BCUT2D eigenvalue weighted by atomic mass is 10.5. The third-order valence-corrected chi connectivity index (χ3v) is 2.21. The molecular formula is C5H8N2O2S. The maximum absolute atomic E-state index is 10.8. The van der Waals surface area contributed by atoms with Gasteiger partial charge in [-0.3, -0.25) is 4.79 Å². The fourth-order valence-electron chi connectivity index (χ4n) is 0.652. The number of amides is 1. The molecule has 1 rings (SSSR count). The maximum Gasteiger partial charge on any atom is 0.233 e. The lowest BCUT2D eigenvalue weighted by molar-refractivity contribution is -0.126. The van der Waals surface area contributed by atoms with E-state index >= 15 is 0 Å². The highest BCUT2D eigenvalue weighted by Gasteiger charge is 2.19. The van der Waals surface area contributed by atoms with Gasteiger partial charge in [0.05, 0.1) is 12.3 Å². The highest BCUT2D eigenvalue weighted by atomic mass is 32.2. The molecule has 1 amide bonds. The molecule has 10 heavy (non-hydrogen) atoms. The van der Waals surface area contributed by atoms with E-state index in [2.05, 4.69) is 5.16 Å². The summed E-state index contributed by atoms with van der Waals surface area (Å²) in [5.74, 6) is 0.466. The summed E-state index contributed by atoms with van der Waals surface area (Å²) in [6.07, 6.45) is 0. The molecule has 0 atom stereocenters. The maximum atomic E-state index is 10.8. The number of hydrogen-bond acceptors (Lipinski definition) is 4. The van der Waals surface area contributed by atoms with E-state index in [4.69, 9.17) is 5.21 Å². The summed E-state index contributed by atoms with van der Waals surface area (Å²) in [4.78, 5) is 12.4. The van der Waals surface area contributed by atoms with Crippen molar-refractivity contribution in [2.45, 2.75) is 0 Å². The Morgan fingerprint density at radius 3 is 3.00 bits per heavy atom. The Balaban J connectivity index is 2.57. The highest BCUT2D eigenvalue weighted by Crippen LogP contribution is 2.11. The third kappa shape index (κ3) is 1.41. The van der Waals surface area contributed by atoms with E-state index in [1.165, 1.54) is 16.7 Å². The Hall–Kier alpha value is -0.710. The number of nitrogens with zero attached hydrogens (tertiary/aromatic N) is 2. The first-order valence-corrected chi connectivity index (χ1v) is 3.80. The molecule has 0 radical (unpaired) electrons. The smallest absolute Gasteiger partial charge is 0.233 e. The molecule has 0 spiro atoms. The summed E-state index contributed by atoms with van der Waals surface area (Å²) in [5.41, 5.74) is 0. The molecule has 0 unspecified atom stereocenters. The Labute approximate surface area is 62.9 Å². The molecule has 56 valence electrons. The molecule has 0 bridgehead atoms. The fraction of sp³-hybridized carbons (Fsp3) is 0.600. The van der Waals surface area contributed by atoms with Crippen molar-refractivity contribution < 1.29 is 10.0 Å². The van der Waals surface area contributed by atoms with E-state index in [1.54, 1.807) is 7.05 Å². The van der Waals surface area contributed by atoms with Gasteiger partial charge >= 0.3 is 0 Å². The quantitative estimate of drug-likeness (QED) is 0.400. The fourth-order valence-corrected chi connectivity index (χ4v) is 1.51. The van der Waals surface area contributed by atoms with Gasteiger partial charge in [-0.1, -0.05) is 16.9 Å². The van der Waals surface area contributed by atoms with E-state index in [1.807, 2.05) is 0 Å². The molecule has 0 aromatic heterocycles. The zero-order chi connectivity index (χ0) is 7.56. The Morgan fingerprint density at radius 2 is 2.50 bits per heavy atom. The average Bonchev–Trinajstić information content (AvgIpc) is 1.95. The number of oxime groups is 1. The molecule has 1 N–H and O–H groups in total. The third-order valence-electron chi connectivity index (χ3n) is 1.27. The molecule has 1 aliphatic rings. The second-order valence-electron chi connectivity index (χ2n) is 2.03. The topological polar surface area (TPSA) is 52.9 Å². The molecule has 1 heterocycles. The normalized spacial score (nSPS) is 23.9. The average molecular weight is 160 g/mol. The zero-order valence-electron chi connectivity index (χ0n) is 5.57. The summed E-state index contributed by atoms with van der Waals surface area (Å²) in [5, 5.41) is 11.9. The van der Waals surface area contributed by atoms with E-state index in [-0.39, 0.29) is 5.91 Å². The monoisotopic (exact) mass is 160 g/mol. The Bertz CT molecular complexity index is 180. The number of thioether (sulfide) groups is 1. The first kappa shape index (κ1) is 7.40. The number of hydrogen-bond donors (Lipinski definition) is 1. The largest absolute Gasteiger partial charge is 0.410 e. The van der Waals surface area contributed by atoms with Gasteiger partial charge in [-0.15, -0.1) is 0 Å². The van der Waals surface area contributed by atoms with Crippen LogP contribution >= 0.6 is 11.8 Å². The van der Waals surface area contributed by atoms with Crippen LogP contribution in [0, 0.1) is 0 Å². The van der Waals surface area contributed by atoms with Gasteiger partial charge in [0.15, 0.2) is 0 Å². The SMILES string of the molecule is CN1CC(=NO)SCC1=O. The summed E-state index contributed by atoms with van der Waals surface area (Å²) in [7, 11) is 1.69. The standard InChI is InChI=1S/C5H8N2O2S/c1-7-2-4(6-9)10-3-5(7)8/h9H,2-3H2,1H3. The molecule has 1 saturated heterocycles. The van der Waals surface area contributed by atoms with E-state index in [0.29, 0.717) is 17.3 Å². The molecule has 0 aliphatic carbocycles. The first-order valence-electron chi connectivity index (χ1n) is 2.81. The second-order valence-corrected chi connectivity index (χ2v) is 3.08. The minimum atomic E-state index is 0.0809. The van der Waals surface area contributed by atoms with Crippen LogP contribution in [0.5, 0.6) is 0 Å². The molecule has 5 heteroatoms. The van der Waals surface area contributed by atoms with Crippen molar-refractivity contribution in [2.24, 2.45) is 5.16 Å². The van der Waals surface area contributed by atoms with Crippen molar-refractivity contribution in [3.63, 3.8) is 0 Å². The van der Waals surface area contributed by atoms with Crippen LogP contribution in [-0.4, -0.2) is 40.4 Å². The van der Waals surface area contributed by atoms with Gasteiger partial charge in [-0.25, -0.2) is 0 Å². The van der Waals surface area contributed by atoms with Crippen LogP contribution in [0.2, 0.25) is 0 Å². The lowest BCUT2D eigenvalue weighted by Gasteiger charge is -2.21. The zero-order valence-corrected chi connectivity index (χ0v) is 6.39. The number of carbonyl (C=O) groups is 1. The van der Waals surface area contributed by atoms with Crippen LogP contribution < -0.4 is 0 Å². The van der Waals surface area contributed by atoms with Crippen molar-refractivity contribution in [1.29, 1.82) is 0 Å². The van der Waals surface area contributed by atoms with Crippen molar-refractivity contribution in [3.8, 4) is 0 Å². The van der Waals surface area contributed by atoms with Gasteiger partial charge < -0.3 is 10.1 Å². The van der Waals surface area contributed by atoms with E-state index in [0.717, 1.165) is 0 Å². The number of rotatable bonds is 0. The minimum absolute atomic E-state index is 0.0809. The molecule has 4 nitrogen and oxygen atoms in total. The summed E-state index contributed by atoms with van der Waals surface area (Å²) < 4.78 is 0. The van der Waals surface area contributed by atoms with E-state index < -0.39 is 0 Å². The second kappa shape index (κ2) is 2.92. The van der Waals surface area contributed by atoms with Crippen molar-refractivity contribution >= 4 is 22.7 Å². The highest BCUT2D eigenvalue weighted by molar-refractivity contribution is 8.14. The molecule has 0 aromatic rings. The predicted molar refractivity (Wildman–Crippen MR) is 39.3 cm³/mol. The van der Waals surface area contributed by atoms with Crippen LogP contribution in [0.1, 0.15) is 0 Å². The van der Waals surface area contributed by atoms with Gasteiger partial charge in [-0.2, -0.15) is 0 Å². The van der Waals surface area contributed by atoms with Crippen LogP contribution in [-0.2, 0) is 4.79 Å². The summed E-state index contributed by atoms with van der Waals surface area (Å²) >= 11 is 1.28. The van der Waals surface area contributed by atoms with Crippen molar-refractivity contribution in [1.82, 2.24) is 4.90 Å². The van der Waals surface area contributed by atoms with Gasteiger partial charge in [0.1, 0.15) is 5.04 Å². The van der Waals surface area contributed by atoms with E-state index in [9.17, 15) is 4.79 Å². The van der Waals surface area contributed by atoms with Crippen molar-refractivity contribution in [3.05, 3.63) is 0 Å². The van der Waals surface area contributed by atoms with Crippen LogP contribution in [0.25, 0.3) is 0 Å².